The average Bonchev–Trinajstić information content (AvgIpc) is 2.92. The van der Waals surface area contributed by atoms with Crippen molar-refractivity contribution in [2.75, 3.05) is 6.61 Å². The van der Waals surface area contributed by atoms with Crippen molar-refractivity contribution in [3.63, 3.8) is 0 Å². The Hall–Kier alpha value is -4.63. The fraction of sp³-hybridized carbons (Fsp3) is 0.194. The van der Waals surface area contributed by atoms with Gasteiger partial charge in [0, 0.05) is 23.6 Å². The Morgan fingerprint density at radius 2 is 1.78 bits per heavy atom. The van der Waals surface area contributed by atoms with Crippen LogP contribution in [0, 0.1) is 11.3 Å². The Morgan fingerprint density at radius 3 is 2.54 bits per heavy atom. The number of nitriles is 1. The van der Waals surface area contributed by atoms with Crippen molar-refractivity contribution in [3.8, 4) is 23.3 Å². The van der Waals surface area contributed by atoms with Gasteiger partial charge in [0.1, 0.15) is 23.3 Å². The van der Waals surface area contributed by atoms with E-state index in [1.54, 1.807) is 30.3 Å². The number of carbonyl (C=O) groups excluding carboxylic acids is 1. The van der Waals surface area contributed by atoms with Crippen molar-refractivity contribution in [1.82, 2.24) is 0 Å². The molecule has 0 aliphatic carbocycles. The molecule has 6 heteroatoms. The van der Waals surface area contributed by atoms with Gasteiger partial charge in [0.15, 0.2) is 5.78 Å². The van der Waals surface area contributed by atoms with Crippen LogP contribution < -0.4 is 9.47 Å². The first-order chi connectivity index (χ1) is 18.0. The zero-order valence-corrected chi connectivity index (χ0v) is 20.1. The van der Waals surface area contributed by atoms with Crippen molar-refractivity contribution in [2.24, 2.45) is 0 Å². The van der Waals surface area contributed by atoms with E-state index in [0.29, 0.717) is 35.5 Å². The van der Waals surface area contributed by atoms with Gasteiger partial charge in [-0.1, -0.05) is 42.5 Å². The lowest BCUT2D eigenvalue weighted by Crippen LogP contribution is -2.21. The normalized spacial score (nSPS) is 14.3. The molecule has 0 fully saturated rings. The predicted octanol–water partition coefficient (Wildman–Crippen LogP) is 6.66. The second-order valence-electron chi connectivity index (χ2n) is 9.11. The number of hydrogen-bond donors (Lipinski definition) is 1. The first kappa shape index (κ1) is 24.1. The monoisotopic (exact) mass is 491 g/mol. The third-order valence-electron chi connectivity index (χ3n) is 6.66. The molecule has 1 unspecified atom stereocenters. The van der Waals surface area contributed by atoms with Crippen LogP contribution in [-0.4, -0.2) is 23.5 Å². The van der Waals surface area contributed by atoms with Crippen LogP contribution in [-0.2, 0) is 11.2 Å². The van der Waals surface area contributed by atoms with Gasteiger partial charge in [0.2, 0.25) is 0 Å². The number of ether oxygens (including phenoxy) is 2. The molecule has 1 N–H and O–H groups in total. The number of aliphatic carboxylic acids is 1. The maximum absolute atomic E-state index is 12.7. The highest BCUT2D eigenvalue weighted by atomic mass is 16.5. The number of carboxylic acid groups (broad SMARTS) is 1. The Balaban J connectivity index is 1.22. The van der Waals surface area contributed by atoms with Crippen molar-refractivity contribution in [1.29, 1.82) is 5.26 Å². The van der Waals surface area contributed by atoms with E-state index in [2.05, 4.69) is 36.4 Å². The number of hydrogen-bond acceptors (Lipinski definition) is 5. The Morgan fingerprint density at radius 1 is 1.00 bits per heavy atom. The number of aryl methyl sites for hydroxylation is 1. The molecule has 37 heavy (non-hydrogen) atoms. The topological polar surface area (TPSA) is 96.6 Å². The van der Waals surface area contributed by atoms with Gasteiger partial charge >= 0.3 is 5.97 Å². The number of benzene rings is 4. The van der Waals surface area contributed by atoms with E-state index in [1.165, 1.54) is 22.4 Å². The van der Waals surface area contributed by atoms with Crippen LogP contribution in [0.4, 0.5) is 0 Å². The molecule has 1 aliphatic rings. The van der Waals surface area contributed by atoms with Gasteiger partial charge in [-0.2, -0.15) is 5.26 Å². The Labute approximate surface area is 214 Å². The quantitative estimate of drug-likeness (QED) is 0.277. The highest BCUT2D eigenvalue weighted by Crippen LogP contribution is 2.39. The smallest absolute Gasteiger partial charge is 0.311 e. The summed E-state index contributed by atoms with van der Waals surface area (Å²) in [5.74, 6) is -0.439. The number of carboxylic acids is 1. The fourth-order valence-corrected chi connectivity index (χ4v) is 4.67. The van der Waals surface area contributed by atoms with Gasteiger partial charge < -0.3 is 14.6 Å². The van der Waals surface area contributed by atoms with E-state index < -0.39 is 11.9 Å². The third kappa shape index (κ3) is 5.31. The molecule has 0 radical (unpaired) electrons. The first-order valence-electron chi connectivity index (χ1n) is 12.2. The molecule has 0 amide bonds. The number of ketones is 1. The van der Waals surface area contributed by atoms with Gasteiger partial charge in [-0.3, -0.25) is 9.59 Å². The van der Waals surface area contributed by atoms with Gasteiger partial charge in [0.05, 0.1) is 18.1 Å². The van der Waals surface area contributed by atoms with Crippen molar-refractivity contribution >= 4 is 22.5 Å². The summed E-state index contributed by atoms with van der Waals surface area (Å²) in [5, 5.41) is 21.5. The second-order valence-corrected chi connectivity index (χ2v) is 9.11. The standard InChI is InChI=1S/C31H25NO5/c32-19-24-17-27-26(31(34)35)14-15-36-30(27)18-29(24)37-25-12-10-22(11-13-25)28(33)7-3-4-20-8-9-21-5-1-2-6-23(21)16-20/h1-2,5-6,8-13,16-18,26H,3-4,7,14-15H2,(H,34,35). The van der Waals surface area contributed by atoms with Crippen LogP contribution >= 0.6 is 0 Å². The SMILES string of the molecule is N#Cc1cc2c(cc1Oc1ccc(C(=O)CCCc3ccc4ccccc4c3)cc1)OCCC2C(=O)O. The van der Waals surface area contributed by atoms with Crippen LogP contribution in [0.2, 0.25) is 0 Å². The van der Waals surface area contributed by atoms with Gasteiger partial charge in [-0.05, 0) is 65.9 Å². The minimum atomic E-state index is -0.945. The third-order valence-corrected chi connectivity index (χ3v) is 6.66. The molecule has 0 spiro atoms. The number of rotatable bonds is 8. The maximum atomic E-state index is 12.7. The molecule has 1 heterocycles. The Kier molecular flexibility index (Phi) is 6.87. The molecule has 0 bridgehead atoms. The van der Waals surface area contributed by atoms with Crippen molar-refractivity contribution < 1.29 is 24.2 Å². The molecule has 1 atom stereocenters. The molecule has 0 saturated carbocycles. The summed E-state index contributed by atoms with van der Waals surface area (Å²) < 4.78 is 11.5. The lowest BCUT2D eigenvalue weighted by atomic mass is 9.91. The van der Waals surface area contributed by atoms with Crippen LogP contribution in [0.3, 0.4) is 0 Å². The molecular formula is C31H25NO5. The van der Waals surface area contributed by atoms with Crippen LogP contribution in [0.1, 0.15) is 52.2 Å². The van der Waals surface area contributed by atoms with Crippen LogP contribution in [0.5, 0.6) is 17.2 Å². The van der Waals surface area contributed by atoms with Gasteiger partial charge in [0.25, 0.3) is 0 Å². The van der Waals surface area contributed by atoms with Crippen LogP contribution in [0.15, 0.2) is 78.9 Å². The number of carbonyl (C=O) groups is 2. The van der Waals surface area contributed by atoms with E-state index in [4.69, 9.17) is 9.47 Å². The second kappa shape index (κ2) is 10.5. The zero-order valence-electron chi connectivity index (χ0n) is 20.1. The van der Waals surface area contributed by atoms with Crippen molar-refractivity contribution in [3.05, 3.63) is 101 Å². The predicted molar refractivity (Wildman–Crippen MR) is 139 cm³/mol. The number of Topliss-reactive ketones (excluding diaryl/α,β-unsaturated/α-hetero) is 1. The van der Waals surface area contributed by atoms with Gasteiger partial charge in [-0.15, -0.1) is 0 Å². The average molecular weight is 492 g/mol. The van der Waals surface area contributed by atoms with E-state index in [0.717, 1.165) is 12.8 Å². The molecule has 0 aromatic heterocycles. The molecule has 184 valence electrons. The largest absolute Gasteiger partial charge is 0.493 e. The fourth-order valence-electron chi connectivity index (χ4n) is 4.67. The molecule has 4 aromatic carbocycles. The number of fused-ring (bicyclic) bond motifs is 2. The molecule has 1 aliphatic heterocycles. The molecular weight excluding hydrogens is 466 g/mol. The molecule has 6 nitrogen and oxygen atoms in total. The number of nitrogens with zero attached hydrogens (tertiary/aromatic N) is 1. The van der Waals surface area contributed by atoms with Gasteiger partial charge in [-0.25, -0.2) is 0 Å². The zero-order chi connectivity index (χ0) is 25.8. The van der Waals surface area contributed by atoms with E-state index >= 15 is 0 Å². The maximum Gasteiger partial charge on any atom is 0.311 e. The lowest BCUT2D eigenvalue weighted by Gasteiger charge is -2.24. The first-order valence-corrected chi connectivity index (χ1v) is 12.2. The summed E-state index contributed by atoms with van der Waals surface area (Å²) in [5.41, 5.74) is 2.52. The summed E-state index contributed by atoms with van der Waals surface area (Å²) >= 11 is 0. The summed E-state index contributed by atoms with van der Waals surface area (Å²) in [7, 11) is 0. The van der Waals surface area contributed by atoms with Crippen LogP contribution in [0.25, 0.3) is 10.8 Å². The molecule has 5 rings (SSSR count). The summed E-state index contributed by atoms with van der Waals surface area (Å²) in [6, 6.07) is 26.6. The minimum Gasteiger partial charge on any atom is -0.493 e. The highest BCUT2D eigenvalue weighted by molar-refractivity contribution is 5.96. The minimum absolute atomic E-state index is 0.0620. The van der Waals surface area contributed by atoms with E-state index in [-0.39, 0.29) is 23.7 Å². The molecule has 4 aromatic rings. The van der Waals surface area contributed by atoms with Crippen molar-refractivity contribution in [2.45, 2.75) is 31.6 Å². The molecule has 0 saturated heterocycles. The lowest BCUT2D eigenvalue weighted by molar-refractivity contribution is -0.139. The summed E-state index contributed by atoms with van der Waals surface area (Å²) in [6.45, 7) is 0.285. The van der Waals surface area contributed by atoms with E-state index in [9.17, 15) is 20.0 Å². The summed E-state index contributed by atoms with van der Waals surface area (Å²) in [6.07, 6.45) is 2.38. The summed E-state index contributed by atoms with van der Waals surface area (Å²) in [4.78, 5) is 24.3. The Bertz CT molecular complexity index is 1520. The highest BCUT2D eigenvalue weighted by Gasteiger charge is 2.29. The van der Waals surface area contributed by atoms with E-state index in [1.807, 2.05) is 12.1 Å².